The highest BCUT2D eigenvalue weighted by Gasteiger charge is 2.06. The van der Waals surface area contributed by atoms with Gasteiger partial charge >= 0.3 is 0 Å². The molecule has 2 amide bonds. The highest BCUT2D eigenvalue weighted by atomic mass is 32.2. The topological polar surface area (TPSA) is 84.0 Å². The summed E-state index contributed by atoms with van der Waals surface area (Å²) in [6, 6.07) is 8.06. The maximum atomic E-state index is 13.4. The molecule has 0 aliphatic carbocycles. The summed E-state index contributed by atoms with van der Waals surface area (Å²) in [7, 11) is 0. The Labute approximate surface area is 149 Å². The summed E-state index contributed by atoms with van der Waals surface area (Å²) in [6.45, 7) is 3.07. The number of carbonyl (C=O) groups excluding carboxylic acids is 2. The van der Waals surface area contributed by atoms with Crippen LogP contribution in [0.3, 0.4) is 0 Å². The minimum absolute atomic E-state index is 0.157. The normalized spacial score (nSPS) is 10.4. The second kappa shape index (κ2) is 9.12. The Balaban J connectivity index is 1.70. The molecule has 1 aromatic heterocycles. The molecule has 0 aliphatic rings. The Morgan fingerprint density at radius 2 is 1.96 bits per heavy atom. The van der Waals surface area contributed by atoms with Gasteiger partial charge in [0, 0.05) is 24.8 Å². The minimum atomic E-state index is -0.338. The van der Waals surface area contributed by atoms with Crippen molar-refractivity contribution in [1.29, 1.82) is 0 Å². The number of halogens is 1. The first-order valence-electron chi connectivity index (χ1n) is 7.74. The summed E-state index contributed by atoms with van der Waals surface area (Å²) in [5, 5.41) is 13.8. The fourth-order valence-electron chi connectivity index (χ4n) is 1.95. The molecule has 8 heteroatoms. The Kier molecular flexibility index (Phi) is 6.88. The molecule has 0 unspecified atom stereocenters. The van der Waals surface area contributed by atoms with E-state index in [1.54, 1.807) is 31.2 Å². The second-order valence-corrected chi connectivity index (χ2v) is 6.52. The quantitative estimate of drug-likeness (QED) is 0.583. The number of rotatable bonds is 7. The van der Waals surface area contributed by atoms with Gasteiger partial charge in [-0.25, -0.2) is 4.39 Å². The number of hydrogen-bond donors (Lipinski definition) is 2. The molecule has 0 radical (unpaired) electrons. The van der Waals surface area contributed by atoms with Crippen molar-refractivity contribution in [2.24, 2.45) is 0 Å². The van der Waals surface area contributed by atoms with Gasteiger partial charge in [0.1, 0.15) is 10.8 Å². The van der Waals surface area contributed by atoms with Crippen molar-refractivity contribution in [3.05, 3.63) is 41.7 Å². The molecular weight excluding hydrogens is 343 g/mol. The molecule has 0 atom stereocenters. The van der Waals surface area contributed by atoms with Crippen molar-refractivity contribution in [3.63, 3.8) is 0 Å². The third kappa shape index (κ3) is 6.50. The van der Waals surface area contributed by atoms with Gasteiger partial charge in [-0.3, -0.25) is 9.59 Å². The molecule has 0 saturated heterocycles. The first-order valence-corrected chi connectivity index (χ1v) is 8.73. The van der Waals surface area contributed by atoms with E-state index in [4.69, 9.17) is 0 Å². The molecule has 1 aromatic carbocycles. The van der Waals surface area contributed by atoms with Crippen LogP contribution in [0.4, 0.5) is 15.9 Å². The van der Waals surface area contributed by atoms with Gasteiger partial charge in [0.25, 0.3) is 0 Å². The predicted octanol–water partition coefficient (Wildman–Crippen LogP) is 3.39. The van der Waals surface area contributed by atoms with E-state index in [1.165, 1.54) is 24.8 Å². The Morgan fingerprint density at radius 3 is 2.60 bits per heavy atom. The Morgan fingerprint density at radius 1 is 1.16 bits per heavy atom. The van der Waals surface area contributed by atoms with Gasteiger partial charge in [-0.2, -0.15) is 0 Å². The fraction of sp³-hybridized carbons (Fsp3) is 0.294. The van der Waals surface area contributed by atoms with Crippen molar-refractivity contribution in [2.75, 3.05) is 16.4 Å². The van der Waals surface area contributed by atoms with Crippen molar-refractivity contribution < 1.29 is 14.0 Å². The van der Waals surface area contributed by atoms with Crippen LogP contribution in [0.5, 0.6) is 0 Å². The van der Waals surface area contributed by atoms with E-state index in [2.05, 4.69) is 20.8 Å². The molecule has 0 bridgehead atoms. The summed E-state index contributed by atoms with van der Waals surface area (Å²) >= 11 is 1.47. The Hall–Kier alpha value is -2.48. The molecule has 132 valence electrons. The van der Waals surface area contributed by atoms with E-state index in [0.717, 1.165) is 5.03 Å². The van der Waals surface area contributed by atoms with E-state index in [1.807, 2.05) is 0 Å². The number of thioether (sulfide) groups is 1. The zero-order valence-electron chi connectivity index (χ0n) is 14.0. The van der Waals surface area contributed by atoms with Crippen molar-refractivity contribution in [2.45, 2.75) is 31.7 Å². The number of carbonyl (C=O) groups is 2. The summed E-state index contributed by atoms with van der Waals surface area (Å²) < 4.78 is 13.4. The third-order valence-corrected chi connectivity index (χ3v) is 4.20. The molecule has 2 aromatic rings. The summed E-state index contributed by atoms with van der Waals surface area (Å²) in [4.78, 5) is 22.8. The van der Waals surface area contributed by atoms with Gasteiger partial charge in [-0.05, 0) is 43.2 Å². The lowest BCUT2D eigenvalue weighted by molar-refractivity contribution is -0.116. The molecule has 25 heavy (non-hydrogen) atoms. The number of amides is 2. The molecule has 6 nitrogen and oxygen atoms in total. The van der Waals surface area contributed by atoms with Crippen LogP contribution in [-0.4, -0.2) is 27.8 Å². The second-order valence-electron chi connectivity index (χ2n) is 5.40. The average Bonchev–Trinajstić information content (AvgIpc) is 2.56. The lowest BCUT2D eigenvalue weighted by Gasteiger charge is -2.06. The monoisotopic (exact) mass is 362 g/mol. The minimum Gasteiger partial charge on any atom is -0.326 e. The maximum absolute atomic E-state index is 13.4. The lowest BCUT2D eigenvalue weighted by atomic mass is 10.2. The van der Waals surface area contributed by atoms with Crippen molar-refractivity contribution in [3.8, 4) is 0 Å². The molecule has 0 fully saturated rings. The maximum Gasteiger partial charge on any atom is 0.224 e. The van der Waals surface area contributed by atoms with Gasteiger partial charge in [0.2, 0.25) is 11.8 Å². The number of aryl methyl sites for hydroxylation is 1. The number of aromatic nitrogens is 2. The van der Waals surface area contributed by atoms with Gasteiger partial charge in [-0.15, -0.1) is 22.0 Å². The van der Waals surface area contributed by atoms with Crippen molar-refractivity contribution in [1.82, 2.24) is 10.2 Å². The highest BCUT2D eigenvalue weighted by Crippen LogP contribution is 2.18. The molecule has 2 rings (SSSR count). The number of anilines is 2. The van der Waals surface area contributed by atoms with Crippen LogP contribution < -0.4 is 10.6 Å². The standard InChI is InChI=1S/C17H19FN4O2S/c1-11-5-6-13(10-14(11)18)20-16(24)4-3-9-25-17-8-7-15(21-22-17)19-12(2)23/h5-8,10H,3-4,9H2,1-2H3,(H,20,24)(H,19,21,23). The van der Waals surface area contributed by atoms with Gasteiger partial charge in [-0.1, -0.05) is 6.07 Å². The van der Waals surface area contributed by atoms with Crippen LogP contribution in [0, 0.1) is 12.7 Å². The third-order valence-electron chi connectivity index (χ3n) is 3.20. The number of nitrogens with zero attached hydrogens (tertiary/aromatic N) is 2. The van der Waals surface area contributed by atoms with E-state index in [9.17, 15) is 14.0 Å². The van der Waals surface area contributed by atoms with Crippen LogP contribution >= 0.6 is 11.8 Å². The summed E-state index contributed by atoms with van der Waals surface area (Å²) in [5.74, 6) is 0.408. The number of nitrogens with one attached hydrogen (secondary N) is 2. The molecule has 0 spiro atoms. The van der Waals surface area contributed by atoms with Crippen LogP contribution in [0.25, 0.3) is 0 Å². The SMILES string of the molecule is CC(=O)Nc1ccc(SCCCC(=O)Nc2ccc(C)c(F)c2)nn1. The highest BCUT2D eigenvalue weighted by molar-refractivity contribution is 7.99. The molecule has 0 saturated carbocycles. The summed E-state index contributed by atoms with van der Waals surface area (Å²) in [6.07, 6.45) is 0.986. The molecule has 2 N–H and O–H groups in total. The van der Waals surface area contributed by atoms with Crippen molar-refractivity contribution >= 4 is 35.1 Å². The van der Waals surface area contributed by atoms with Gasteiger partial charge in [0.05, 0.1) is 0 Å². The molecule has 0 aliphatic heterocycles. The van der Waals surface area contributed by atoms with E-state index >= 15 is 0 Å². The largest absolute Gasteiger partial charge is 0.326 e. The Bertz CT molecular complexity index is 753. The first kappa shape index (κ1) is 18.9. The number of benzene rings is 1. The zero-order chi connectivity index (χ0) is 18.2. The number of hydrogen-bond acceptors (Lipinski definition) is 5. The average molecular weight is 362 g/mol. The van der Waals surface area contributed by atoms with Crippen LogP contribution in [0.1, 0.15) is 25.3 Å². The lowest BCUT2D eigenvalue weighted by Crippen LogP contribution is -2.11. The van der Waals surface area contributed by atoms with Gasteiger partial charge in [0.15, 0.2) is 5.82 Å². The van der Waals surface area contributed by atoms with Crippen LogP contribution in [0.2, 0.25) is 0 Å². The smallest absolute Gasteiger partial charge is 0.224 e. The first-order chi connectivity index (χ1) is 11.9. The van der Waals surface area contributed by atoms with E-state index in [0.29, 0.717) is 35.7 Å². The fourth-order valence-corrected chi connectivity index (χ4v) is 2.71. The molecular formula is C17H19FN4O2S. The van der Waals surface area contributed by atoms with Crippen LogP contribution in [-0.2, 0) is 9.59 Å². The van der Waals surface area contributed by atoms with Gasteiger partial charge < -0.3 is 10.6 Å². The van der Waals surface area contributed by atoms with E-state index < -0.39 is 0 Å². The zero-order valence-corrected chi connectivity index (χ0v) is 14.8. The summed E-state index contributed by atoms with van der Waals surface area (Å²) in [5.41, 5.74) is 1.00. The van der Waals surface area contributed by atoms with E-state index in [-0.39, 0.29) is 17.6 Å². The molecule has 1 heterocycles. The van der Waals surface area contributed by atoms with Crippen LogP contribution in [0.15, 0.2) is 35.4 Å². The predicted molar refractivity (Wildman–Crippen MR) is 96.1 cm³/mol.